The minimum Gasteiger partial charge on any atom is -0.552 e. The molecule has 0 aromatic heterocycles. The summed E-state index contributed by atoms with van der Waals surface area (Å²) in [6, 6.07) is 0. The third kappa shape index (κ3) is 4.47. The van der Waals surface area contributed by atoms with Crippen LogP contribution in [0.1, 0.15) is 0 Å². The molecule has 62 valence electrons. The molecular formula is C5H14BNaO4. The van der Waals surface area contributed by atoms with E-state index in [0.717, 1.165) is 0 Å². The van der Waals surface area contributed by atoms with Crippen molar-refractivity contribution in [3.05, 3.63) is 0 Å². The third-order valence-corrected chi connectivity index (χ3v) is 0.943. The van der Waals surface area contributed by atoms with Crippen molar-refractivity contribution in [3.63, 3.8) is 0 Å². The maximum atomic E-state index is 5.16. The van der Waals surface area contributed by atoms with E-state index in [1.807, 2.05) is 0 Å². The van der Waals surface area contributed by atoms with Gasteiger partial charge < -0.3 is 18.9 Å². The standard InChI is InChI=1S/C5H14BO4.Na/c1-7-4-5(8-2,9-3)10-6;/h4H2,1-3,6H3;/q-1;+1. The first kappa shape index (κ1) is 14.4. The fourth-order valence-electron chi connectivity index (χ4n) is 0.378. The van der Waals surface area contributed by atoms with Crippen LogP contribution in [0, 0.1) is 0 Å². The number of methoxy groups -OCH3 is 3. The fraction of sp³-hybridized carbons (Fsp3) is 1.00. The minimum absolute atomic E-state index is 0. The molecule has 4 nitrogen and oxygen atoms in total. The zero-order valence-electron chi connectivity index (χ0n) is 6.84. The van der Waals surface area contributed by atoms with Crippen LogP contribution in [-0.4, -0.2) is 42.0 Å². The average Bonchev–Trinajstić information content (AvgIpc) is 2.01. The third-order valence-electron chi connectivity index (χ3n) is 0.943. The first-order chi connectivity index (χ1) is 4.74. The van der Waals surface area contributed by atoms with Crippen LogP contribution in [0.4, 0.5) is 0 Å². The van der Waals surface area contributed by atoms with Crippen molar-refractivity contribution in [2.45, 2.75) is 5.97 Å². The summed E-state index contributed by atoms with van der Waals surface area (Å²) < 4.78 is 19.9. The van der Waals surface area contributed by atoms with E-state index in [9.17, 15) is 0 Å². The normalized spacial score (nSPS) is 10.9. The van der Waals surface area contributed by atoms with Gasteiger partial charge in [-0.2, -0.15) is 0 Å². The van der Waals surface area contributed by atoms with E-state index in [4.69, 9.17) is 18.9 Å². The van der Waals surface area contributed by atoms with Crippen LogP contribution in [0.5, 0.6) is 0 Å². The first-order valence-electron chi connectivity index (χ1n) is 2.48. The van der Waals surface area contributed by atoms with Crippen LogP contribution in [0.25, 0.3) is 0 Å². The Labute approximate surface area is 90.3 Å². The maximum absolute atomic E-state index is 5.16. The Kier molecular flexibility index (Phi) is 9.90. The van der Waals surface area contributed by atoms with Gasteiger partial charge in [0.1, 0.15) is 6.61 Å². The summed E-state index contributed by atoms with van der Waals surface area (Å²) >= 11 is 0. The molecule has 0 heterocycles. The second-order valence-corrected chi connectivity index (χ2v) is 1.52. The van der Waals surface area contributed by atoms with Gasteiger partial charge in [-0.15, -0.1) is 0 Å². The van der Waals surface area contributed by atoms with Crippen LogP contribution in [-0.2, 0) is 18.9 Å². The van der Waals surface area contributed by atoms with Gasteiger partial charge in [-0.25, -0.2) is 0 Å². The summed E-state index contributed by atoms with van der Waals surface area (Å²) in [5.41, 5.74) is 0. The van der Waals surface area contributed by atoms with Crippen LogP contribution in [0.15, 0.2) is 0 Å². The molecule has 0 radical (unpaired) electrons. The summed E-state index contributed by atoms with van der Waals surface area (Å²) in [5, 5.41) is 0. The zero-order chi connectivity index (χ0) is 8.04. The van der Waals surface area contributed by atoms with Crippen molar-refractivity contribution >= 4 is 8.05 Å². The summed E-state index contributed by atoms with van der Waals surface area (Å²) in [4.78, 5) is 0. The summed E-state index contributed by atoms with van der Waals surface area (Å²) in [6.07, 6.45) is 0. The maximum Gasteiger partial charge on any atom is 1.00 e. The molecular weight excluding hydrogens is 158 g/mol. The van der Waals surface area contributed by atoms with Gasteiger partial charge in [-0.05, 0) is 0 Å². The van der Waals surface area contributed by atoms with Crippen molar-refractivity contribution in [3.8, 4) is 0 Å². The van der Waals surface area contributed by atoms with E-state index in [2.05, 4.69) is 0 Å². The molecule has 0 saturated heterocycles. The number of hydrogen-bond acceptors (Lipinski definition) is 4. The molecule has 0 aliphatic heterocycles. The molecule has 0 spiro atoms. The molecule has 0 rings (SSSR count). The SMILES string of the molecule is [BH3-]OC(COC)(OC)OC.[Na+]. The van der Waals surface area contributed by atoms with Gasteiger partial charge in [0.15, 0.2) is 0 Å². The molecule has 0 amide bonds. The molecule has 0 unspecified atom stereocenters. The molecule has 0 aromatic rings. The van der Waals surface area contributed by atoms with Crippen molar-refractivity contribution in [1.82, 2.24) is 0 Å². The molecule has 0 aromatic carbocycles. The van der Waals surface area contributed by atoms with Crippen LogP contribution in [0.3, 0.4) is 0 Å². The predicted octanol–water partition coefficient (Wildman–Crippen LogP) is -4.12. The Morgan fingerprint density at radius 3 is 1.73 bits per heavy atom. The molecule has 0 N–H and O–H groups in total. The van der Waals surface area contributed by atoms with E-state index in [0.29, 0.717) is 6.61 Å². The van der Waals surface area contributed by atoms with Crippen molar-refractivity contribution in [2.75, 3.05) is 27.9 Å². The van der Waals surface area contributed by atoms with Gasteiger partial charge in [0.2, 0.25) is 0 Å². The van der Waals surface area contributed by atoms with E-state index in [1.54, 1.807) is 7.11 Å². The van der Waals surface area contributed by atoms with E-state index < -0.39 is 5.97 Å². The van der Waals surface area contributed by atoms with Crippen molar-refractivity contribution in [1.29, 1.82) is 0 Å². The monoisotopic (exact) mass is 172 g/mol. The van der Waals surface area contributed by atoms with Crippen LogP contribution >= 0.6 is 0 Å². The van der Waals surface area contributed by atoms with Gasteiger partial charge >= 0.3 is 29.6 Å². The van der Waals surface area contributed by atoms with Gasteiger partial charge in [0.05, 0.1) is 8.05 Å². The Balaban J connectivity index is 0. The molecule has 11 heavy (non-hydrogen) atoms. The van der Waals surface area contributed by atoms with Crippen LogP contribution in [0.2, 0.25) is 0 Å². The van der Waals surface area contributed by atoms with Crippen molar-refractivity contribution in [2.24, 2.45) is 0 Å². The molecule has 0 aliphatic carbocycles. The first-order valence-corrected chi connectivity index (χ1v) is 2.48. The van der Waals surface area contributed by atoms with Gasteiger partial charge in [0, 0.05) is 21.3 Å². The van der Waals surface area contributed by atoms with E-state index in [-0.39, 0.29) is 37.6 Å². The number of rotatable bonds is 5. The second kappa shape index (κ2) is 7.55. The van der Waals surface area contributed by atoms with Crippen molar-refractivity contribution < 1.29 is 48.4 Å². The number of hydrogen-bond donors (Lipinski definition) is 0. The molecule has 0 bridgehead atoms. The molecule has 0 saturated carbocycles. The number of ether oxygens (including phenoxy) is 3. The Hall–Kier alpha value is 0.905. The van der Waals surface area contributed by atoms with Gasteiger partial charge in [0.25, 0.3) is 5.97 Å². The van der Waals surface area contributed by atoms with E-state index >= 15 is 0 Å². The molecule has 0 aliphatic rings. The summed E-state index contributed by atoms with van der Waals surface area (Å²) in [7, 11) is 4.44. The van der Waals surface area contributed by atoms with Crippen LogP contribution < -0.4 is 29.6 Å². The predicted molar refractivity (Wildman–Crippen MR) is 39.6 cm³/mol. The summed E-state index contributed by atoms with van der Waals surface area (Å²) in [5.74, 6) is -0.936. The molecule has 0 fully saturated rings. The molecule has 6 heteroatoms. The molecule has 0 atom stereocenters. The summed E-state index contributed by atoms with van der Waals surface area (Å²) in [6.45, 7) is 0.309. The van der Waals surface area contributed by atoms with E-state index in [1.165, 1.54) is 14.2 Å². The van der Waals surface area contributed by atoms with Gasteiger partial charge in [-0.1, -0.05) is 0 Å². The zero-order valence-corrected chi connectivity index (χ0v) is 8.84. The Bertz CT molecular complexity index is 80.3. The topological polar surface area (TPSA) is 36.9 Å². The average molecular weight is 172 g/mol. The fourth-order valence-corrected chi connectivity index (χ4v) is 0.378. The largest absolute Gasteiger partial charge is 1.00 e. The second-order valence-electron chi connectivity index (χ2n) is 1.52. The Morgan fingerprint density at radius 1 is 1.18 bits per heavy atom. The smallest absolute Gasteiger partial charge is 0.552 e. The Morgan fingerprint density at radius 2 is 1.64 bits per heavy atom. The minimum atomic E-state index is -0.936. The van der Waals surface area contributed by atoms with Gasteiger partial charge in [-0.3, -0.25) is 0 Å². The quantitative estimate of drug-likeness (QED) is 0.312.